The van der Waals surface area contributed by atoms with Gasteiger partial charge in [-0.15, -0.1) is 11.3 Å². The molecule has 0 fully saturated rings. The van der Waals surface area contributed by atoms with Crippen LogP contribution in [0.4, 0.5) is 0 Å². The van der Waals surface area contributed by atoms with E-state index in [2.05, 4.69) is 31.4 Å². The molecule has 92 valence electrons. The van der Waals surface area contributed by atoms with Crippen LogP contribution >= 0.6 is 11.3 Å². The molecule has 0 saturated carbocycles. The summed E-state index contributed by atoms with van der Waals surface area (Å²) in [4.78, 5) is 1.44. The molecule has 1 aromatic heterocycles. The Labute approximate surface area is 104 Å². The Morgan fingerprint density at radius 1 is 1.31 bits per heavy atom. The Morgan fingerprint density at radius 3 is 2.62 bits per heavy atom. The molecule has 16 heavy (non-hydrogen) atoms. The largest absolute Gasteiger partial charge is 0.393 e. The van der Waals surface area contributed by atoms with Crippen LogP contribution in [-0.4, -0.2) is 11.2 Å². The maximum Gasteiger partial charge on any atom is 0.0543 e. The highest BCUT2D eigenvalue weighted by Crippen LogP contribution is 2.19. The molecule has 0 aliphatic carbocycles. The standard InChI is InChI=1S/C14H24OS/c1-3-12(4-2)11-13(15)7-5-8-14-9-6-10-16-14/h6,9-10,12-13,15H,3-5,7-8,11H2,1-2H3. The predicted molar refractivity (Wildman–Crippen MR) is 72.0 cm³/mol. The highest BCUT2D eigenvalue weighted by molar-refractivity contribution is 7.09. The molecule has 1 heterocycles. The van der Waals surface area contributed by atoms with E-state index in [9.17, 15) is 5.11 Å². The van der Waals surface area contributed by atoms with Gasteiger partial charge in [0.1, 0.15) is 0 Å². The van der Waals surface area contributed by atoms with E-state index < -0.39 is 0 Å². The molecule has 0 aliphatic rings. The zero-order valence-electron chi connectivity index (χ0n) is 10.5. The minimum atomic E-state index is -0.0927. The van der Waals surface area contributed by atoms with Gasteiger partial charge in [0.15, 0.2) is 0 Å². The molecule has 1 aromatic rings. The Balaban J connectivity index is 2.12. The molecule has 0 radical (unpaired) electrons. The van der Waals surface area contributed by atoms with Crippen LogP contribution in [0.15, 0.2) is 17.5 Å². The fraction of sp³-hybridized carbons (Fsp3) is 0.714. The third-order valence-electron chi connectivity index (χ3n) is 3.30. The number of thiophene rings is 1. The van der Waals surface area contributed by atoms with Gasteiger partial charge in [-0.1, -0.05) is 32.8 Å². The first-order valence-electron chi connectivity index (χ1n) is 6.46. The molecule has 0 aromatic carbocycles. The molecule has 0 aliphatic heterocycles. The van der Waals surface area contributed by atoms with Crippen molar-refractivity contribution in [2.75, 3.05) is 0 Å². The topological polar surface area (TPSA) is 20.2 Å². The first-order chi connectivity index (χ1) is 7.76. The van der Waals surface area contributed by atoms with Crippen molar-refractivity contribution in [2.24, 2.45) is 5.92 Å². The second-order valence-electron chi connectivity index (χ2n) is 4.54. The average molecular weight is 240 g/mol. The number of rotatable bonds is 8. The molecule has 1 unspecified atom stereocenters. The summed E-state index contributed by atoms with van der Waals surface area (Å²) in [5.74, 6) is 0.705. The number of aryl methyl sites for hydroxylation is 1. The molecular weight excluding hydrogens is 216 g/mol. The maximum absolute atomic E-state index is 9.91. The Kier molecular flexibility index (Phi) is 6.74. The lowest BCUT2D eigenvalue weighted by Crippen LogP contribution is -2.12. The van der Waals surface area contributed by atoms with Crippen LogP contribution in [0.25, 0.3) is 0 Å². The minimum Gasteiger partial charge on any atom is -0.393 e. The van der Waals surface area contributed by atoms with Crippen LogP contribution in [0.1, 0.15) is 50.8 Å². The quantitative estimate of drug-likeness (QED) is 0.720. The van der Waals surface area contributed by atoms with Crippen LogP contribution in [0.3, 0.4) is 0 Å². The van der Waals surface area contributed by atoms with Gasteiger partial charge < -0.3 is 5.11 Å². The van der Waals surface area contributed by atoms with Crippen LogP contribution in [-0.2, 0) is 6.42 Å². The van der Waals surface area contributed by atoms with E-state index in [1.54, 1.807) is 0 Å². The fourth-order valence-electron chi connectivity index (χ4n) is 2.09. The van der Waals surface area contributed by atoms with Crippen molar-refractivity contribution in [2.45, 2.75) is 58.5 Å². The summed E-state index contributed by atoms with van der Waals surface area (Å²) in [5, 5.41) is 12.0. The van der Waals surface area contributed by atoms with Crippen molar-refractivity contribution in [3.8, 4) is 0 Å². The Hall–Kier alpha value is -0.340. The van der Waals surface area contributed by atoms with E-state index in [1.165, 1.54) is 17.7 Å². The molecule has 1 nitrogen and oxygen atoms in total. The molecule has 0 bridgehead atoms. The zero-order valence-corrected chi connectivity index (χ0v) is 11.3. The van der Waals surface area contributed by atoms with Gasteiger partial charge in [-0.2, -0.15) is 0 Å². The summed E-state index contributed by atoms with van der Waals surface area (Å²) in [6.07, 6.45) is 6.47. The molecule has 0 amide bonds. The molecule has 0 saturated heterocycles. The van der Waals surface area contributed by atoms with E-state index >= 15 is 0 Å². The van der Waals surface area contributed by atoms with Gasteiger partial charge >= 0.3 is 0 Å². The molecule has 1 N–H and O–H groups in total. The predicted octanol–water partition coefficient (Wildman–Crippen LogP) is 4.26. The first kappa shape index (κ1) is 13.7. The Morgan fingerprint density at radius 2 is 2.06 bits per heavy atom. The molecule has 0 spiro atoms. The van der Waals surface area contributed by atoms with E-state index in [1.807, 2.05) is 11.3 Å². The minimum absolute atomic E-state index is 0.0927. The smallest absolute Gasteiger partial charge is 0.0543 e. The molecular formula is C14H24OS. The normalized spacial score (nSPS) is 13.2. The van der Waals surface area contributed by atoms with Gasteiger partial charge in [-0.05, 0) is 43.0 Å². The summed E-state index contributed by atoms with van der Waals surface area (Å²) in [7, 11) is 0. The summed E-state index contributed by atoms with van der Waals surface area (Å²) >= 11 is 1.82. The van der Waals surface area contributed by atoms with Crippen molar-refractivity contribution in [1.82, 2.24) is 0 Å². The second kappa shape index (κ2) is 7.86. The van der Waals surface area contributed by atoms with Crippen molar-refractivity contribution in [3.05, 3.63) is 22.4 Å². The van der Waals surface area contributed by atoms with Crippen LogP contribution in [0.2, 0.25) is 0 Å². The van der Waals surface area contributed by atoms with Crippen LogP contribution in [0.5, 0.6) is 0 Å². The lowest BCUT2D eigenvalue weighted by molar-refractivity contribution is 0.128. The van der Waals surface area contributed by atoms with Crippen LogP contribution in [0, 0.1) is 5.92 Å². The molecule has 1 rings (SSSR count). The second-order valence-corrected chi connectivity index (χ2v) is 5.58. The lowest BCUT2D eigenvalue weighted by atomic mass is 9.94. The highest BCUT2D eigenvalue weighted by Gasteiger charge is 2.11. The number of hydrogen-bond donors (Lipinski definition) is 1. The zero-order chi connectivity index (χ0) is 11.8. The highest BCUT2D eigenvalue weighted by atomic mass is 32.1. The molecule has 1 atom stereocenters. The first-order valence-corrected chi connectivity index (χ1v) is 7.34. The number of aliphatic hydroxyl groups excluding tert-OH is 1. The van der Waals surface area contributed by atoms with E-state index in [0.29, 0.717) is 5.92 Å². The van der Waals surface area contributed by atoms with Crippen molar-refractivity contribution >= 4 is 11.3 Å². The number of aliphatic hydroxyl groups is 1. The van der Waals surface area contributed by atoms with E-state index in [-0.39, 0.29) is 6.10 Å². The summed E-state index contributed by atoms with van der Waals surface area (Å²) < 4.78 is 0. The SMILES string of the molecule is CCC(CC)CC(O)CCCc1cccs1. The van der Waals surface area contributed by atoms with Gasteiger partial charge in [0.05, 0.1) is 6.10 Å². The monoisotopic (exact) mass is 240 g/mol. The molecule has 2 heteroatoms. The van der Waals surface area contributed by atoms with Gasteiger partial charge in [0.2, 0.25) is 0 Å². The maximum atomic E-state index is 9.91. The van der Waals surface area contributed by atoms with Crippen molar-refractivity contribution in [3.63, 3.8) is 0 Å². The third-order valence-corrected chi connectivity index (χ3v) is 4.24. The third kappa shape index (κ3) is 5.13. The van der Waals surface area contributed by atoms with E-state index in [4.69, 9.17) is 0 Å². The van der Waals surface area contributed by atoms with Gasteiger partial charge in [-0.25, -0.2) is 0 Å². The summed E-state index contributed by atoms with van der Waals surface area (Å²) in [6.45, 7) is 4.43. The summed E-state index contributed by atoms with van der Waals surface area (Å²) in [6, 6.07) is 4.28. The average Bonchev–Trinajstić information content (AvgIpc) is 2.79. The number of hydrogen-bond acceptors (Lipinski definition) is 2. The fourth-order valence-corrected chi connectivity index (χ4v) is 2.84. The van der Waals surface area contributed by atoms with Crippen molar-refractivity contribution in [1.29, 1.82) is 0 Å². The Bertz CT molecular complexity index is 252. The van der Waals surface area contributed by atoms with Crippen molar-refractivity contribution < 1.29 is 5.11 Å². The van der Waals surface area contributed by atoms with Gasteiger partial charge in [0, 0.05) is 4.88 Å². The van der Waals surface area contributed by atoms with Gasteiger partial charge in [-0.3, -0.25) is 0 Å². The summed E-state index contributed by atoms with van der Waals surface area (Å²) in [5.41, 5.74) is 0. The van der Waals surface area contributed by atoms with Crippen LogP contribution < -0.4 is 0 Å². The van der Waals surface area contributed by atoms with Gasteiger partial charge in [0.25, 0.3) is 0 Å². The lowest BCUT2D eigenvalue weighted by Gasteiger charge is -2.17. The van der Waals surface area contributed by atoms with E-state index in [0.717, 1.165) is 25.7 Å².